The molecule has 0 bridgehead atoms. The Morgan fingerprint density at radius 3 is 2.73 bits per heavy atom. The van der Waals surface area contributed by atoms with Crippen LogP contribution in [-0.4, -0.2) is 26.2 Å². The van der Waals surface area contributed by atoms with E-state index < -0.39 is 0 Å². The average molecular weight is 353 g/mol. The molecule has 0 radical (unpaired) electrons. The number of hydrogen-bond acceptors (Lipinski definition) is 4. The van der Waals surface area contributed by atoms with Crippen LogP contribution >= 0.6 is 0 Å². The van der Waals surface area contributed by atoms with Gasteiger partial charge in [-0.2, -0.15) is 0 Å². The third kappa shape index (κ3) is 4.17. The number of rotatable bonds is 8. The lowest BCUT2D eigenvalue weighted by atomic mass is 10.1. The van der Waals surface area contributed by atoms with Crippen molar-refractivity contribution >= 4 is 16.9 Å². The van der Waals surface area contributed by atoms with Crippen molar-refractivity contribution < 1.29 is 18.7 Å². The number of amides is 1. The topological polar surface area (TPSA) is 60.7 Å². The number of fused-ring (bicyclic) bond motifs is 1. The highest BCUT2D eigenvalue weighted by molar-refractivity contribution is 5.87. The number of furan rings is 1. The fraction of sp³-hybridized carbons (Fsp3) is 0.286. The zero-order valence-electron chi connectivity index (χ0n) is 15.1. The molecular weight excluding hydrogens is 330 g/mol. The summed E-state index contributed by atoms with van der Waals surface area (Å²) in [6.07, 6.45) is 2.90. The molecule has 0 unspecified atom stereocenters. The van der Waals surface area contributed by atoms with Crippen LogP contribution in [0.1, 0.15) is 18.1 Å². The van der Waals surface area contributed by atoms with Crippen molar-refractivity contribution in [1.82, 2.24) is 5.32 Å². The van der Waals surface area contributed by atoms with E-state index in [2.05, 4.69) is 18.3 Å². The van der Waals surface area contributed by atoms with Crippen LogP contribution in [-0.2, 0) is 17.6 Å². The van der Waals surface area contributed by atoms with Gasteiger partial charge in [-0.15, -0.1) is 0 Å². The van der Waals surface area contributed by atoms with Crippen molar-refractivity contribution in [2.24, 2.45) is 0 Å². The number of ether oxygens (including phenoxy) is 2. The Morgan fingerprint density at radius 1 is 1.15 bits per heavy atom. The van der Waals surface area contributed by atoms with Crippen LogP contribution < -0.4 is 14.8 Å². The van der Waals surface area contributed by atoms with Crippen molar-refractivity contribution in [3.8, 4) is 11.5 Å². The van der Waals surface area contributed by atoms with Crippen molar-refractivity contribution in [2.75, 3.05) is 20.3 Å². The molecule has 0 spiro atoms. The SMILES string of the molecule is CCc1ccc2c(CC(=O)NCCOc3ccccc3OC)coc2c1. The summed E-state index contributed by atoms with van der Waals surface area (Å²) in [6.45, 7) is 2.90. The van der Waals surface area contributed by atoms with Gasteiger partial charge in [0.15, 0.2) is 11.5 Å². The molecule has 5 heteroatoms. The molecule has 0 fully saturated rings. The van der Waals surface area contributed by atoms with E-state index in [-0.39, 0.29) is 12.3 Å². The van der Waals surface area contributed by atoms with E-state index in [1.54, 1.807) is 13.4 Å². The van der Waals surface area contributed by atoms with Gasteiger partial charge in [0.2, 0.25) is 5.91 Å². The predicted molar refractivity (Wildman–Crippen MR) is 101 cm³/mol. The molecule has 136 valence electrons. The van der Waals surface area contributed by atoms with Crippen molar-refractivity contribution in [2.45, 2.75) is 19.8 Å². The molecule has 5 nitrogen and oxygen atoms in total. The second kappa shape index (κ2) is 8.43. The fourth-order valence-electron chi connectivity index (χ4n) is 2.81. The number of carbonyl (C=O) groups excluding carboxylic acids is 1. The lowest BCUT2D eigenvalue weighted by Gasteiger charge is -2.10. The van der Waals surface area contributed by atoms with Crippen LogP contribution in [0.3, 0.4) is 0 Å². The predicted octanol–water partition coefficient (Wildman–Crippen LogP) is 3.74. The zero-order valence-corrected chi connectivity index (χ0v) is 15.1. The number of hydrogen-bond donors (Lipinski definition) is 1. The quantitative estimate of drug-likeness (QED) is 0.627. The lowest BCUT2D eigenvalue weighted by Crippen LogP contribution is -2.29. The second-order valence-electron chi connectivity index (χ2n) is 5.97. The number of carbonyl (C=O) groups is 1. The minimum atomic E-state index is -0.0594. The lowest BCUT2D eigenvalue weighted by molar-refractivity contribution is -0.120. The first kappa shape index (κ1) is 17.9. The Hall–Kier alpha value is -2.95. The Morgan fingerprint density at radius 2 is 1.96 bits per heavy atom. The molecule has 2 aromatic carbocycles. The molecule has 1 aromatic heterocycles. The normalized spacial score (nSPS) is 10.7. The van der Waals surface area contributed by atoms with E-state index in [1.807, 2.05) is 36.4 Å². The maximum Gasteiger partial charge on any atom is 0.224 e. The van der Waals surface area contributed by atoms with Crippen LogP contribution in [0, 0.1) is 0 Å². The molecule has 0 saturated carbocycles. The van der Waals surface area contributed by atoms with Gasteiger partial charge in [-0.1, -0.05) is 31.2 Å². The number of nitrogens with one attached hydrogen (secondary N) is 1. The van der Waals surface area contributed by atoms with Crippen molar-refractivity contribution in [3.63, 3.8) is 0 Å². The first-order valence-electron chi connectivity index (χ1n) is 8.72. The largest absolute Gasteiger partial charge is 0.493 e. The summed E-state index contributed by atoms with van der Waals surface area (Å²) in [5.41, 5.74) is 2.94. The number of benzene rings is 2. The van der Waals surface area contributed by atoms with E-state index in [9.17, 15) is 4.79 Å². The standard InChI is InChI=1S/C21H23NO4/c1-3-15-8-9-17-16(14-26-20(17)12-15)13-21(23)22-10-11-25-19-7-5-4-6-18(19)24-2/h4-9,12,14H,3,10-11,13H2,1-2H3,(H,22,23). The van der Waals surface area contributed by atoms with Crippen molar-refractivity contribution in [1.29, 1.82) is 0 Å². The molecule has 1 amide bonds. The summed E-state index contributed by atoms with van der Waals surface area (Å²) in [5, 5.41) is 3.86. The van der Waals surface area contributed by atoms with Gasteiger partial charge in [0.05, 0.1) is 26.3 Å². The highest BCUT2D eigenvalue weighted by atomic mass is 16.5. The molecule has 0 atom stereocenters. The average Bonchev–Trinajstić information content (AvgIpc) is 3.07. The first-order valence-corrected chi connectivity index (χ1v) is 8.72. The maximum absolute atomic E-state index is 12.2. The minimum absolute atomic E-state index is 0.0594. The third-order valence-corrected chi connectivity index (χ3v) is 4.23. The molecule has 0 aliphatic rings. The van der Waals surface area contributed by atoms with Crippen LogP contribution in [0.25, 0.3) is 11.0 Å². The van der Waals surface area contributed by atoms with Gasteiger partial charge >= 0.3 is 0 Å². The molecule has 0 aliphatic heterocycles. The molecule has 0 saturated heterocycles. The number of aryl methyl sites for hydroxylation is 1. The summed E-state index contributed by atoms with van der Waals surface area (Å²) in [4.78, 5) is 12.2. The Labute approximate surface area is 152 Å². The highest BCUT2D eigenvalue weighted by Gasteiger charge is 2.11. The van der Waals surface area contributed by atoms with Gasteiger partial charge in [0, 0.05) is 10.9 Å². The number of para-hydroxylation sites is 2. The van der Waals surface area contributed by atoms with Crippen LogP contribution in [0.15, 0.2) is 53.1 Å². The van der Waals surface area contributed by atoms with Gasteiger partial charge in [-0.25, -0.2) is 0 Å². The highest BCUT2D eigenvalue weighted by Crippen LogP contribution is 2.25. The Balaban J connectivity index is 1.50. The Bertz CT molecular complexity index is 885. The molecule has 3 rings (SSSR count). The Kier molecular flexibility index (Phi) is 5.79. The van der Waals surface area contributed by atoms with Crippen LogP contribution in [0.5, 0.6) is 11.5 Å². The number of methoxy groups -OCH3 is 1. The fourth-order valence-corrected chi connectivity index (χ4v) is 2.81. The van der Waals surface area contributed by atoms with Gasteiger partial charge in [-0.05, 0) is 30.2 Å². The van der Waals surface area contributed by atoms with Crippen LogP contribution in [0.4, 0.5) is 0 Å². The zero-order chi connectivity index (χ0) is 18.4. The first-order chi connectivity index (χ1) is 12.7. The summed E-state index contributed by atoms with van der Waals surface area (Å²) >= 11 is 0. The second-order valence-corrected chi connectivity index (χ2v) is 5.97. The van der Waals surface area contributed by atoms with E-state index >= 15 is 0 Å². The molecule has 1 heterocycles. The summed E-state index contributed by atoms with van der Waals surface area (Å²) in [7, 11) is 1.60. The van der Waals surface area contributed by atoms with Gasteiger partial charge in [-0.3, -0.25) is 4.79 Å². The monoisotopic (exact) mass is 353 g/mol. The van der Waals surface area contributed by atoms with E-state index in [1.165, 1.54) is 5.56 Å². The molecule has 3 aromatic rings. The molecule has 1 N–H and O–H groups in total. The van der Waals surface area contributed by atoms with Gasteiger partial charge in [0.1, 0.15) is 12.2 Å². The van der Waals surface area contributed by atoms with Crippen molar-refractivity contribution in [3.05, 3.63) is 59.9 Å². The summed E-state index contributed by atoms with van der Waals surface area (Å²) in [6, 6.07) is 13.5. The molecule has 0 aliphatic carbocycles. The van der Waals surface area contributed by atoms with E-state index in [0.717, 1.165) is 23.0 Å². The third-order valence-electron chi connectivity index (χ3n) is 4.23. The maximum atomic E-state index is 12.2. The van der Waals surface area contributed by atoms with Crippen LogP contribution in [0.2, 0.25) is 0 Å². The smallest absolute Gasteiger partial charge is 0.224 e. The van der Waals surface area contributed by atoms with E-state index in [4.69, 9.17) is 13.9 Å². The summed E-state index contributed by atoms with van der Waals surface area (Å²) < 4.78 is 16.5. The summed E-state index contributed by atoms with van der Waals surface area (Å²) in [5.74, 6) is 1.28. The molecule has 26 heavy (non-hydrogen) atoms. The van der Waals surface area contributed by atoms with Gasteiger partial charge < -0.3 is 19.2 Å². The molecular formula is C21H23NO4. The van der Waals surface area contributed by atoms with Gasteiger partial charge in [0.25, 0.3) is 0 Å². The minimum Gasteiger partial charge on any atom is -0.493 e. The van der Waals surface area contributed by atoms with E-state index in [0.29, 0.717) is 24.7 Å².